The van der Waals surface area contributed by atoms with Gasteiger partial charge in [0.1, 0.15) is 49.6 Å². The van der Waals surface area contributed by atoms with Gasteiger partial charge < -0.3 is 50.2 Å². The lowest BCUT2D eigenvalue weighted by Crippen LogP contribution is -2.45. The van der Waals surface area contributed by atoms with Crippen LogP contribution in [0.5, 0.6) is 0 Å². The molecule has 3 fully saturated rings. The van der Waals surface area contributed by atoms with E-state index in [0.29, 0.717) is 30.5 Å². The Kier molecular flexibility index (Phi) is 18.5. The Morgan fingerprint density at radius 3 is 2.27 bits per heavy atom. The molecule has 4 aliphatic rings. The van der Waals surface area contributed by atoms with Gasteiger partial charge in [0.2, 0.25) is 17.8 Å². The third kappa shape index (κ3) is 13.8. The predicted molar refractivity (Wildman–Crippen MR) is 291 cm³/mol. The highest BCUT2D eigenvalue weighted by atomic mass is 32.7. The van der Waals surface area contributed by atoms with Gasteiger partial charge in [-0.3, -0.25) is 66.7 Å². The first-order chi connectivity index (χ1) is 39.0. The van der Waals surface area contributed by atoms with Crippen LogP contribution in [-0.4, -0.2) is 157 Å². The topological polar surface area (TPSA) is 417 Å². The number of carbonyl (C=O) groups excluding carboxylic acids is 6. The van der Waals surface area contributed by atoms with Crippen LogP contribution in [0.3, 0.4) is 0 Å². The molecule has 0 aliphatic carbocycles. The minimum atomic E-state index is -4.54. The Bertz CT molecular complexity index is 3440. The number of hydrogen-bond donors (Lipinski definition) is 9. The summed E-state index contributed by atoms with van der Waals surface area (Å²) < 4.78 is 56.8. The summed E-state index contributed by atoms with van der Waals surface area (Å²) in [5.74, 6) is -3.15. The highest BCUT2D eigenvalue weighted by molar-refractivity contribution is 8.44. The number of imidazole rings is 2. The highest BCUT2D eigenvalue weighted by Crippen LogP contribution is 2.58. The van der Waals surface area contributed by atoms with Crippen LogP contribution >= 0.6 is 25.8 Å². The number of ether oxygens (including phenoxy) is 3. The van der Waals surface area contributed by atoms with Crippen LogP contribution in [-0.2, 0) is 79.3 Å². The molecule has 9 rings (SSSR count). The largest absolute Gasteiger partial charge is 0.444 e. The second kappa shape index (κ2) is 25.2. The number of ketones is 1. The van der Waals surface area contributed by atoms with Crippen LogP contribution in [0.2, 0.25) is 0 Å². The van der Waals surface area contributed by atoms with Crippen LogP contribution < -0.4 is 27.2 Å². The van der Waals surface area contributed by atoms with Crippen molar-refractivity contribution in [2.24, 2.45) is 11.8 Å². The van der Waals surface area contributed by atoms with E-state index >= 15 is 0 Å². The van der Waals surface area contributed by atoms with E-state index in [2.05, 4.69) is 58.1 Å². The number of anilines is 3. The van der Waals surface area contributed by atoms with Crippen molar-refractivity contribution in [1.82, 2.24) is 49.3 Å². The summed E-state index contributed by atoms with van der Waals surface area (Å²) in [5.41, 5.74) is 5.83. The molecule has 4 aliphatic heterocycles. The van der Waals surface area contributed by atoms with E-state index in [4.69, 9.17) is 49.8 Å². The predicted octanol–water partition coefficient (Wildman–Crippen LogP) is 2.04. The van der Waals surface area contributed by atoms with E-state index in [0.717, 1.165) is 17.6 Å². The third-order valence-electron chi connectivity index (χ3n) is 13.6. The van der Waals surface area contributed by atoms with E-state index in [1.807, 2.05) is 0 Å². The molecular weight excluding hydrogens is 1160 g/mol. The number of fused-ring (bicyclic) bond motifs is 5. The first-order valence-electron chi connectivity index (χ1n) is 25.5. The number of unbranched alkanes of at least 4 members (excludes halogenated alkanes) is 2. The molecule has 3 saturated heterocycles. The monoisotopic (exact) mass is 1220 g/mol. The van der Waals surface area contributed by atoms with Crippen LogP contribution in [0.25, 0.3) is 22.3 Å². The maximum absolute atomic E-state index is 14.0. The number of nitrogens with one attached hydrogen (secondary N) is 4. The average Bonchev–Trinajstić information content (AvgIpc) is 3.15. The first-order valence-corrected chi connectivity index (χ1v) is 30.8. The molecule has 9 N–H and O–H groups in total. The average molecular weight is 1220 g/mol. The summed E-state index contributed by atoms with van der Waals surface area (Å²) in [7, 11) is 0. The van der Waals surface area contributed by atoms with Gasteiger partial charge in [-0.25, -0.2) is 29.3 Å². The number of H-pyrrole nitrogens is 1. The molecule has 35 heteroatoms. The van der Waals surface area contributed by atoms with E-state index in [1.54, 1.807) is 45.0 Å². The number of thiol groups is 1. The van der Waals surface area contributed by atoms with Gasteiger partial charge in [-0.2, -0.15) is 4.98 Å². The van der Waals surface area contributed by atoms with Gasteiger partial charge in [-0.05, 0) is 48.3 Å². The second-order valence-electron chi connectivity index (χ2n) is 19.8. The molecule has 8 heterocycles. The van der Waals surface area contributed by atoms with Crippen molar-refractivity contribution >= 4 is 113 Å². The lowest BCUT2D eigenvalue weighted by Gasteiger charge is -2.27. The summed E-state index contributed by atoms with van der Waals surface area (Å²) in [6, 6.07) is 5.57. The molecule has 5 aromatic rings. The normalized spacial score (nSPS) is 27.4. The van der Waals surface area contributed by atoms with Crippen molar-refractivity contribution in [2.45, 2.75) is 115 Å². The lowest BCUT2D eigenvalue weighted by atomic mass is 9.92. The van der Waals surface area contributed by atoms with Crippen molar-refractivity contribution in [3.05, 3.63) is 71.3 Å². The fraction of sp³-hybridized carbons (Fsp3) is 0.489. The summed E-state index contributed by atoms with van der Waals surface area (Å²) in [5, 5.41) is 31.1. The molecule has 12 atom stereocenters. The Labute approximate surface area is 474 Å². The minimum absolute atomic E-state index is 0.0101. The number of benzene rings is 1. The number of hydrogen-bond acceptors (Lipinski definition) is 24. The molecule has 5 amide bonds. The van der Waals surface area contributed by atoms with Gasteiger partial charge in [-0.1, -0.05) is 51.6 Å². The van der Waals surface area contributed by atoms with Crippen molar-refractivity contribution in [2.75, 3.05) is 36.1 Å². The fourth-order valence-corrected chi connectivity index (χ4v) is 12.3. The molecule has 4 unspecified atom stereocenters. The van der Waals surface area contributed by atoms with Crippen molar-refractivity contribution in [3.63, 3.8) is 0 Å². The molecule has 1 aromatic carbocycles. The van der Waals surface area contributed by atoms with Gasteiger partial charge >= 0.3 is 19.6 Å². The third-order valence-corrected chi connectivity index (χ3v) is 16.8. The molecular formula is C47H57N13O18P2S2. The zero-order valence-electron chi connectivity index (χ0n) is 43.8. The zero-order chi connectivity index (χ0) is 58.8. The lowest BCUT2D eigenvalue weighted by molar-refractivity contribution is -0.137. The maximum atomic E-state index is 14.0. The summed E-state index contributed by atoms with van der Waals surface area (Å²) in [6.45, 7) is -4.98. The van der Waals surface area contributed by atoms with E-state index in [-0.39, 0.29) is 89.5 Å². The smallest absolute Gasteiger partial charge is 0.413 e. The molecule has 4 aromatic heterocycles. The van der Waals surface area contributed by atoms with Gasteiger partial charge in [0.25, 0.3) is 17.4 Å². The quantitative estimate of drug-likeness (QED) is 0.0262. The number of nitrogen functional groups attached to an aromatic ring is 1. The molecule has 0 saturated carbocycles. The molecule has 2 bridgehead atoms. The number of nitrogens with two attached hydrogens (primary N) is 1. The number of rotatable bonds is 18. The van der Waals surface area contributed by atoms with Gasteiger partial charge in [-0.15, -0.1) is 0 Å². The Morgan fingerprint density at radius 1 is 0.866 bits per heavy atom. The van der Waals surface area contributed by atoms with E-state index < -0.39 is 105 Å². The van der Waals surface area contributed by atoms with E-state index in [1.165, 1.54) is 27.6 Å². The minimum Gasteiger partial charge on any atom is -0.444 e. The zero-order valence-corrected chi connectivity index (χ0v) is 47.3. The molecule has 82 heavy (non-hydrogen) atoms. The van der Waals surface area contributed by atoms with Gasteiger partial charge in [0.15, 0.2) is 46.4 Å². The summed E-state index contributed by atoms with van der Waals surface area (Å²) in [4.78, 5) is 124. The first kappa shape index (κ1) is 60.2. The summed E-state index contributed by atoms with van der Waals surface area (Å²) >= 11 is 9.45. The second-order valence-corrected chi connectivity index (χ2v) is 25.5. The number of aliphatic hydroxyl groups excluding tert-OH is 2. The Balaban J connectivity index is 0.772. The summed E-state index contributed by atoms with van der Waals surface area (Å²) in [6.07, 6.45) is -5.38. The van der Waals surface area contributed by atoms with Crippen molar-refractivity contribution in [3.8, 4) is 0 Å². The number of aromatic nitrogens is 8. The van der Waals surface area contributed by atoms with Crippen LogP contribution in [0.4, 0.5) is 22.2 Å². The number of nitrogens with zero attached hydrogens (tertiary/aromatic N) is 8. The number of carbonyl (C=O) groups is 6. The number of amides is 5. The van der Waals surface area contributed by atoms with Crippen LogP contribution in [0, 0.1) is 11.8 Å². The molecule has 31 nitrogen and oxygen atoms in total. The standard InChI is InChI=1S/C47H57N13O18P2S2/c1-22(2)32(54-29(62)7-5-4-6-14-58-30(63)12-13-31(58)64)26(61)15-23(3)42(67)53-25-10-8-24(9-11-25)16-72-47(69)55-39-33-40(50-19-49-39)59(20-51-33)45-38-35(65)27(75-45)17-73-79(70,81)77-37-28(18-74-80(71,82)78-38)76-44(36(37)66)60-21-52-34-41(60)56-46(48)57-43(34)68/h8-13,19-23,27-28,32,35-38,44-45,65-66H,4-7,14-18H2,1-3H3,(H,53,67)(H,54,62)(H,70,81)(H,71,82)(H3,48,56,57,68)(H,49,50,55,69)/t23-,27-,28-,32+,35?,36?,37+,38+,44-,45-,79?,80?/m1/s1. The molecule has 0 radical (unpaired) electrons. The number of imide groups is 1. The highest BCUT2D eigenvalue weighted by Gasteiger charge is 2.53. The van der Waals surface area contributed by atoms with Gasteiger partial charge in [0.05, 0.1) is 31.9 Å². The number of aromatic amines is 1. The number of aliphatic hydroxyl groups is 2. The molecule has 440 valence electrons. The number of Topliss-reactive ketones (excluding diaryl/α,β-unsaturated/α-hetero) is 1. The SMILES string of the molecule is CC(C)[C@H](NC(=O)CCCCCN1C(=O)C=CC1=O)C(=O)C[C@@H](C)C(=O)Nc1ccc(COC(=O)Nc2ncnc3c2ncn3[C@@H]2O[C@@H]3COP(O)(=S)O[C@@H]4C(O)[C@H](n5cnc6c(=O)[nH]c(N)nc65)O[C@@H]4COP(=O)(S)O[C@H]2C3O)cc1. The maximum Gasteiger partial charge on any atom is 0.413 e. The van der Waals surface area contributed by atoms with E-state index in [9.17, 15) is 53.2 Å². The fourth-order valence-electron chi connectivity index (χ4n) is 9.37. The van der Waals surface area contributed by atoms with Crippen LogP contribution in [0.1, 0.15) is 70.9 Å². The Morgan fingerprint density at radius 2 is 1.55 bits per heavy atom. The Hall–Kier alpha value is -6.45. The van der Waals surface area contributed by atoms with Crippen molar-refractivity contribution in [1.29, 1.82) is 0 Å². The van der Waals surface area contributed by atoms with Gasteiger partial charge in [0, 0.05) is 43.1 Å². The molecule has 0 spiro atoms. The van der Waals surface area contributed by atoms with Crippen molar-refractivity contribution < 1.29 is 80.7 Å². The van der Waals surface area contributed by atoms with Crippen LogP contribution in [0.15, 0.2) is 60.2 Å².